The summed E-state index contributed by atoms with van der Waals surface area (Å²) in [7, 11) is 1.16. The Kier molecular flexibility index (Phi) is 8.98. The molecule has 0 unspecified atom stereocenters. The predicted molar refractivity (Wildman–Crippen MR) is 132 cm³/mol. The fraction of sp³-hybridized carbons (Fsp3) is 0.286. The number of halogens is 4. The molecule has 0 radical (unpaired) electrons. The van der Waals surface area contributed by atoms with Gasteiger partial charge in [-0.25, -0.2) is 4.39 Å². The maximum Gasteiger partial charge on any atom is 0.416 e. The third kappa shape index (κ3) is 7.24. The summed E-state index contributed by atoms with van der Waals surface area (Å²) in [6.45, 7) is 3.53. The molecule has 0 fully saturated rings. The van der Waals surface area contributed by atoms with Crippen LogP contribution in [0.4, 0.5) is 17.6 Å². The number of nitrogens with one attached hydrogen (secondary N) is 1. The van der Waals surface area contributed by atoms with Gasteiger partial charge in [0.1, 0.15) is 23.1 Å². The minimum absolute atomic E-state index is 0.00240. The number of alkyl halides is 3. The lowest BCUT2D eigenvalue weighted by molar-refractivity contribution is -0.138. The number of carboxylic acid groups (broad SMARTS) is 1. The molecular weight excluding hydrogens is 506 g/mol. The molecule has 1 amide bonds. The number of aryl methyl sites for hydroxylation is 2. The number of methoxy groups -OCH3 is 1. The second-order valence-corrected chi connectivity index (χ2v) is 8.61. The first-order valence-corrected chi connectivity index (χ1v) is 11.8. The Morgan fingerprint density at radius 2 is 1.74 bits per heavy atom. The van der Waals surface area contributed by atoms with Gasteiger partial charge < -0.3 is 19.9 Å². The first-order valence-electron chi connectivity index (χ1n) is 11.8. The van der Waals surface area contributed by atoms with Crippen LogP contribution in [0.1, 0.15) is 58.9 Å². The molecule has 1 atom stereocenters. The lowest BCUT2D eigenvalue weighted by atomic mass is 10.0. The van der Waals surface area contributed by atoms with E-state index < -0.39 is 35.5 Å². The van der Waals surface area contributed by atoms with E-state index in [0.717, 1.165) is 36.4 Å². The first-order chi connectivity index (χ1) is 17.9. The van der Waals surface area contributed by atoms with Crippen molar-refractivity contribution >= 4 is 11.9 Å². The highest BCUT2D eigenvalue weighted by Crippen LogP contribution is 2.33. The molecule has 10 heteroatoms. The maximum atomic E-state index is 14.4. The van der Waals surface area contributed by atoms with Crippen molar-refractivity contribution in [2.75, 3.05) is 7.11 Å². The fourth-order valence-corrected chi connectivity index (χ4v) is 3.92. The zero-order valence-corrected chi connectivity index (χ0v) is 21.0. The second-order valence-electron chi connectivity index (χ2n) is 8.61. The van der Waals surface area contributed by atoms with Crippen LogP contribution in [0.2, 0.25) is 0 Å². The molecule has 202 valence electrons. The Balaban J connectivity index is 1.78. The molecule has 0 saturated heterocycles. The Labute approximate surface area is 217 Å². The molecule has 0 aliphatic heterocycles. The van der Waals surface area contributed by atoms with E-state index in [1.807, 2.05) is 6.92 Å². The Morgan fingerprint density at radius 1 is 1.00 bits per heavy atom. The van der Waals surface area contributed by atoms with Crippen molar-refractivity contribution in [2.24, 2.45) is 0 Å². The van der Waals surface area contributed by atoms with Crippen molar-refractivity contribution in [1.82, 2.24) is 5.32 Å². The monoisotopic (exact) mass is 533 g/mol. The maximum absolute atomic E-state index is 14.4. The van der Waals surface area contributed by atoms with E-state index in [0.29, 0.717) is 24.2 Å². The van der Waals surface area contributed by atoms with Crippen molar-refractivity contribution in [2.45, 2.75) is 45.3 Å². The second kappa shape index (κ2) is 12.0. The summed E-state index contributed by atoms with van der Waals surface area (Å²) in [5.74, 6) is -1.83. The normalized spacial score (nSPS) is 12.1. The zero-order chi connectivity index (χ0) is 28.0. The van der Waals surface area contributed by atoms with Crippen LogP contribution >= 0.6 is 0 Å². The molecule has 3 rings (SSSR count). The van der Waals surface area contributed by atoms with Crippen LogP contribution in [0, 0.1) is 5.82 Å². The van der Waals surface area contributed by atoms with Crippen LogP contribution in [-0.2, 0) is 23.8 Å². The van der Waals surface area contributed by atoms with E-state index in [-0.39, 0.29) is 23.5 Å². The van der Waals surface area contributed by atoms with Gasteiger partial charge in [0.15, 0.2) is 0 Å². The Hall–Kier alpha value is -4.08. The number of aliphatic carboxylic acids is 1. The Morgan fingerprint density at radius 3 is 2.37 bits per heavy atom. The standard InChI is InChI=1S/C28H27F4NO5/c1-4-17-12-22(8-5-18(17)6-10-26(34)35)38-23-13-19(11-21(29)15-23)16(2)33-27(36)24-9-7-20(28(30,31)32)14-25(24)37-3/h5,7-9,11-16H,4,6,10H2,1-3H3,(H,33,36)(H,34,35)/t16-/m1/s1. The number of carboxylic acids is 1. The van der Waals surface area contributed by atoms with Crippen molar-refractivity contribution in [1.29, 1.82) is 0 Å². The van der Waals surface area contributed by atoms with E-state index in [2.05, 4.69) is 5.32 Å². The van der Waals surface area contributed by atoms with Crippen LogP contribution in [0.5, 0.6) is 17.2 Å². The van der Waals surface area contributed by atoms with E-state index in [4.69, 9.17) is 14.6 Å². The highest BCUT2D eigenvalue weighted by atomic mass is 19.4. The van der Waals surface area contributed by atoms with Crippen molar-refractivity contribution in [3.05, 3.63) is 88.2 Å². The molecule has 38 heavy (non-hydrogen) atoms. The molecule has 3 aromatic carbocycles. The minimum Gasteiger partial charge on any atom is -0.496 e. The number of rotatable bonds is 10. The summed E-state index contributed by atoms with van der Waals surface area (Å²) in [5.41, 5.74) is 1.11. The predicted octanol–water partition coefficient (Wildman–Crippen LogP) is 6.72. The third-order valence-electron chi connectivity index (χ3n) is 5.92. The summed E-state index contributed by atoms with van der Waals surface area (Å²) in [4.78, 5) is 23.7. The number of amides is 1. The fourth-order valence-electron chi connectivity index (χ4n) is 3.92. The van der Waals surface area contributed by atoms with Gasteiger partial charge in [0.25, 0.3) is 5.91 Å². The quantitative estimate of drug-likeness (QED) is 0.283. The van der Waals surface area contributed by atoms with Gasteiger partial charge >= 0.3 is 12.1 Å². The molecular formula is C28H27F4NO5. The van der Waals surface area contributed by atoms with Crippen LogP contribution in [0.25, 0.3) is 0 Å². The van der Waals surface area contributed by atoms with Crippen molar-refractivity contribution in [3.8, 4) is 17.2 Å². The van der Waals surface area contributed by atoms with Gasteiger partial charge in [0, 0.05) is 12.5 Å². The van der Waals surface area contributed by atoms with Crippen LogP contribution < -0.4 is 14.8 Å². The highest BCUT2D eigenvalue weighted by molar-refractivity contribution is 5.97. The van der Waals surface area contributed by atoms with E-state index in [1.54, 1.807) is 31.2 Å². The molecule has 0 saturated carbocycles. The molecule has 0 aliphatic carbocycles. The third-order valence-corrected chi connectivity index (χ3v) is 5.92. The number of benzene rings is 3. The number of hydrogen-bond acceptors (Lipinski definition) is 4. The van der Waals surface area contributed by atoms with Crippen LogP contribution in [-0.4, -0.2) is 24.1 Å². The summed E-state index contributed by atoms with van der Waals surface area (Å²) < 4.78 is 64.3. The number of ether oxygens (including phenoxy) is 2. The Bertz CT molecular complexity index is 1320. The van der Waals surface area contributed by atoms with Crippen LogP contribution in [0.3, 0.4) is 0 Å². The molecule has 0 aromatic heterocycles. The number of hydrogen-bond donors (Lipinski definition) is 2. The molecule has 3 aromatic rings. The van der Waals surface area contributed by atoms with Crippen LogP contribution in [0.15, 0.2) is 54.6 Å². The average molecular weight is 534 g/mol. The zero-order valence-electron chi connectivity index (χ0n) is 21.0. The van der Waals surface area contributed by atoms with Gasteiger partial charge in [0.05, 0.1) is 24.3 Å². The minimum atomic E-state index is -4.59. The van der Waals surface area contributed by atoms with Gasteiger partial charge in [-0.2, -0.15) is 13.2 Å². The topological polar surface area (TPSA) is 84.9 Å². The molecule has 0 aliphatic rings. The van der Waals surface area contributed by atoms with Gasteiger partial charge in [0.2, 0.25) is 0 Å². The smallest absolute Gasteiger partial charge is 0.416 e. The molecule has 0 heterocycles. The van der Waals surface area contributed by atoms with Crippen molar-refractivity contribution in [3.63, 3.8) is 0 Å². The van der Waals surface area contributed by atoms with Gasteiger partial charge in [-0.05, 0) is 78.9 Å². The van der Waals surface area contributed by atoms with E-state index >= 15 is 0 Å². The molecule has 2 N–H and O–H groups in total. The molecule has 6 nitrogen and oxygen atoms in total. The lowest BCUT2D eigenvalue weighted by Gasteiger charge is -2.18. The largest absolute Gasteiger partial charge is 0.496 e. The summed E-state index contributed by atoms with van der Waals surface area (Å²) in [6.07, 6.45) is -3.56. The van der Waals surface area contributed by atoms with Gasteiger partial charge in [-0.15, -0.1) is 0 Å². The van der Waals surface area contributed by atoms with Gasteiger partial charge in [-0.1, -0.05) is 13.0 Å². The van der Waals surface area contributed by atoms with Crippen molar-refractivity contribution < 1.29 is 41.7 Å². The summed E-state index contributed by atoms with van der Waals surface area (Å²) >= 11 is 0. The van der Waals surface area contributed by atoms with Gasteiger partial charge in [-0.3, -0.25) is 9.59 Å². The highest BCUT2D eigenvalue weighted by Gasteiger charge is 2.32. The lowest BCUT2D eigenvalue weighted by Crippen LogP contribution is -2.27. The molecule has 0 bridgehead atoms. The number of carbonyl (C=O) groups is 2. The van der Waals surface area contributed by atoms with E-state index in [1.165, 1.54) is 12.1 Å². The SMILES string of the molecule is CCc1cc(Oc2cc(F)cc([C@@H](C)NC(=O)c3ccc(C(F)(F)F)cc3OC)c2)ccc1CCC(=O)O. The number of carbonyl (C=O) groups excluding carboxylic acids is 1. The first kappa shape index (κ1) is 28.5. The molecule has 0 spiro atoms. The van der Waals surface area contributed by atoms with E-state index in [9.17, 15) is 27.2 Å². The summed E-state index contributed by atoms with van der Waals surface area (Å²) in [5, 5.41) is 11.6. The average Bonchev–Trinajstić information content (AvgIpc) is 2.86. The summed E-state index contributed by atoms with van der Waals surface area (Å²) in [6, 6.07) is 11.0.